The molecular formula is C18H26O5. The summed E-state index contributed by atoms with van der Waals surface area (Å²) in [7, 11) is 0. The lowest BCUT2D eigenvalue weighted by Crippen LogP contribution is -2.28. The van der Waals surface area contributed by atoms with Crippen molar-refractivity contribution in [2.75, 3.05) is 13.2 Å². The standard InChI is InChI=1S/C18H26O5/c1-7-9-15(22-17(19)13(3)4)11-21-12-16(10-8-2)23-18(20)14(5)6/h7-8,15-16H,1-3,5,9-12H2,4,6H3. The third-order valence-corrected chi connectivity index (χ3v) is 2.71. The Labute approximate surface area is 138 Å². The van der Waals surface area contributed by atoms with Crippen molar-refractivity contribution >= 4 is 11.9 Å². The second kappa shape index (κ2) is 11.4. The van der Waals surface area contributed by atoms with Crippen molar-refractivity contribution in [1.82, 2.24) is 0 Å². The molecule has 0 N–H and O–H groups in total. The van der Waals surface area contributed by atoms with Crippen LogP contribution in [0.2, 0.25) is 0 Å². The van der Waals surface area contributed by atoms with Crippen LogP contribution in [0.25, 0.3) is 0 Å². The quantitative estimate of drug-likeness (QED) is 0.314. The fourth-order valence-corrected chi connectivity index (χ4v) is 1.51. The minimum absolute atomic E-state index is 0.170. The van der Waals surface area contributed by atoms with Crippen molar-refractivity contribution < 1.29 is 23.8 Å². The predicted molar refractivity (Wildman–Crippen MR) is 89.8 cm³/mol. The van der Waals surface area contributed by atoms with Crippen LogP contribution in [0, 0.1) is 0 Å². The molecule has 0 aromatic heterocycles. The summed E-state index contributed by atoms with van der Waals surface area (Å²) in [6.07, 6.45) is 3.27. The van der Waals surface area contributed by atoms with Crippen LogP contribution in [0.4, 0.5) is 0 Å². The lowest BCUT2D eigenvalue weighted by atomic mass is 10.2. The van der Waals surface area contributed by atoms with Gasteiger partial charge in [0.05, 0.1) is 13.2 Å². The molecule has 0 rings (SSSR count). The zero-order chi connectivity index (χ0) is 17.8. The van der Waals surface area contributed by atoms with Crippen LogP contribution in [0.3, 0.4) is 0 Å². The summed E-state index contributed by atoms with van der Waals surface area (Å²) in [5, 5.41) is 0. The number of hydrogen-bond acceptors (Lipinski definition) is 5. The molecule has 5 heteroatoms. The van der Waals surface area contributed by atoms with Gasteiger partial charge in [-0.1, -0.05) is 25.3 Å². The molecule has 23 heavy (non-hydrogen) atoms. The van der Waals surface area contributed by atoms with E-state index in [9.17, 15) is 9.59 Å². The second-order valence-corrected chi connectivity index (χ2v) is 5.20. The molecule has 0 saturated heterocycles. The van der Waals surface area contributed by atoms with Gasteiger partial charge in [0.1, 0.15) is 12.2 Å². The molecule has 0 saturated carbocycles. The number of hydrogen-bond donors (Lipinski definition) is 0. The molecular weight excluding hydrogens is 296 g/mol. The Morgan fingerprint density at radius 1 is 0.870 bits per heavy atom. The lowest BCUT2D eigenvalue weighted by Gasteiger charge is -2.20. The molecule has 128 valence electrons. The number of carbonyl (C=O) groups is 2. The smallest absolute Gasteiger partial charge is 0.333 e. The first kappa shape index (κ1) is 20.9. The van der Waals surface area contributed by atoms with Gasteiger partial charge < -0.3 is 14.2 Å². The van der Waals surface area contributed by atoms with Crippen LogP contribution in [-0.4, -0.2) is 37.4 Å². The van der Waals surface area contributed by atoms with E-state index >= 15 is 0 Å². The summed E-state index contributed by atoms with van der Waals surface area (Å²) in [6, 6.07) is 0. The molecule has 0 fully saturated rings. The molecule has 2 unspecified atom stereocenters. The van der Waals surface area contributed by atoms with Gasteiger partial charge in [0.25, 0.3) is 0 Å². The summed E-state index contributed by atoms with van der Waals surface area (Å²) >= 11 is 0. The minimum Gasteiger partial charge on any atom is -0.456 e. The molecule has 5 nitrogen and oxygen atoms in total. The Kier molecular flexibility index (Phi) is 10.4. The van der Waals surface area contributed by atoms with E-state index < -0.39 is 24.1 Å². The molecule has 0 radical (unpaired) electrons. The van der Waals surface area contributed by atoms with Crippen LogP contribution >= 0.6 is 0 Å². The van der Waals surface area contributed by atoms with Crippen molar-refractivity contribution in [2.24, 2.45) is 0 Å². The molecule has 0 heterocycles. The van der Waals surface area contributed by atoms with Gasteiger partial charge >= 0.3 is 11.9 Å². The van der Waals surface area contributed by atoms with Gasteiger partial charge in [0.15, 0.2) is 0 Å². The largest absolute Gasteiger partial charge is 0.456 e. The van der Waals surface area contributed by atoms with Crippen molar-refractivity contribution in [1.29, 1.82) is 0 Å². The summed E-state index contributed by atoms with van der Waals surface area (Å²) in [5.74, 6) is -0.950. The fraction of sp³-hybridized carbons (Fsp3) is 0.444. The molecule has 0 aliphatic heterocycles. The monoisotopic (exact) mass is 322 g/mol. The van der Waals surface area contributed by atoms with E-state index in [4.69, 9.17) is 14.2 Å². The van der Waals surface area contributed by atoms with Crippen LogP contribution in [0.5, 0.6) is 0 Å². The van der Waals surface area contributed by atoms with E-state index in [1.165, 1.54) is 0 Å². The summed E-state index contributed by atoms with van der Waals surface area (Å²) in [6.45, 7) is 17.8. The topological polar surface area (TPSA) is 61.8 Å². The van der Waals surface area contributed by atoms with Gasteiger partial charge in [-0.15, -0.1) is 13.2 Å². The van der Waals surface area contributed by atoms with Gasteiger partial charge in [-0.25, -0.2) is 9.59 Å². The minimum atomic E-state index is -0.475. The number of ether oxygens (including phenoxy) is 3. The maximum atomic E-state index is 11.5. The number of esters is 2. The summed E-state index contributed by atoms with van der Waals surface area (Å²) in [4.78, 5) is 23.1. The number of carbonyl (C=O) groups excluding carboxylic acids is 2. The Morgan fingerprint density at radius 2 is 1.22 bits per heavy atom. The first-order valence-corrected chi connectivity index (χ1v) is 7.34. The number of rotatable bonds is 12. The molecule has 0 aromatic carbocycles. The highest BCUT2D eigenvalue weighted by Gasteiger charge is 2.17. The first-order chi connectivity index (χ1) is 10.8. The Hall–Kier alpha value is -2.14. The lowest BCUT2D eigenvalue weighted by molar-refractivity contribution is -0.151. The van der Waals surface area contributed by atoms with Gasteiger partial charge in [0.2, 0.25) is 0 Å². The van der Waals surface area contributed by atoms with Crippen molar-refractivity contribution in [2.45, 2.75) is 38.9 Å². The van der Waals surface area contributed by atoms with E-state index in [1.807, 2.05) is 0 Å². The average Bonchev–Trinajstić information content (AvgIpc) is 2.47. The SMILES string of the molecule is C=CCC(COCC(CC=C)OC(=O)C(=C)C)OC(=O)C(=C)C. The van der Waals surface area contributed by atoms with E-state index in [0.717, 1.165) is 0 Å². The van der Waals surface area contributed by atoms with Crippen LogP contribution in [-0.2, 0) is 23.8 Å². The first-order valence-electron chi connectivity index (χ1n) is 7.34. The normalized spacial score (nSPS) is 12.6. The van der Waals surface area contributed by atoms with Crippen molar-refractivity contribution in [3.8, 4) is 0 Å². The summed E-state index contributed by atoms with van der Waals surface area (Å²) in [5.41, 5.74) is 0.637. The van der Waals surface area contributed by atoms with Crippen LogP contribution in [0.1, 0.15) is 26.7 Å². The molecule has 0 aromatic rings. The van der Waals surface area contributed by atoms with Gasteiger partial charge in [-0.2, -0.15) is 0 Å². The highest BCUT2D eigenvalue weighted by molar-refractivity contribution is 5.87. The zero-order valence-corrected chi connectivity index (χ0v) is 14.0. The molecule has 0 bridgehead atoms. The zero-order valence-electron chi connectivity index (χ0n) is 14.0. The predicted octanol–water partition coefficient (Wildman–Crippen LogP) is 3.13. The molecule has 0 aliphatic carbocycles. The maximum absolute atomic E-state index is 11.5. The molecule has 0 spiro atoms. The van der Waals surface area contributed by atoms with E-state index in [2.05, 4.69) is 26.3 Å². The Balaban J connectivity index is 4.45. The highest BCUT2D eigenvalue weighted by Crippen LogP contribution is 2.08. The average molecular weight is 322 g/mol. The van der Waals surface area contributed by atoms with Gasteiger partial charge in [-0.05, 0) is 13.8 Å². The Morgan fingerprint density at radius 3 is 1.48 bits per heavy atom. The van der Waals surface area contributed by atoms with E-state index in [-0.39, 0.29) is 13.2 Å². The van der Waals surface area contributed by atoms with Crippen LogP contribution < -0.4 is 0 Å². The second-order valence-electron chi connectivity index (χ2n) is 5.20. The van der Waals surface area contributed by atoms with Gasteiger partial charge in [-0.3, -0.25) is 0 Å². The van der Waals surface area contributed by atoms with Crippen LogP contribution in [0.15, 0.2) is 49.6 Å². The highest BCUT2D eigenvalue weighted by atomic mass is 16.6. The summed E-state index contributed by atoms with van der Waals surface area (Å²) < 4.78 is 16.0. The van der Waals surface area contributed by atoms with Gasteiger partial charge in [0, 0.05) is 24.0 Å². The molecule has 0 amide bonds. The maximum Gasteiger partial charge on any atom is 0.333 e. The third-order valence-electron chi connectivity index (χ3n) is 2.71. The van der Waals surface area contributed by atoms with E-state index in [1.54, 1.807) is 26.0 Å². The fourth-order valence-electron chi connectivity index (χ4n) is 1.51. The van der Waals surface area contributed by atoms with Crippen molar-refractivity contribution in [3.05, 3.63) is 49.6 Å². The van der Waals surface area contributed by atoms with Crippen molar-refractivity contribution in [3.63, 3.8) is 0 Å². The molecule has 0 aliphatic rings. The molecule has 2 atom stereocenters. The third kappa shape index (κ3) is 9.47. The Bertz CT molecular complexity index is 422. The van der Waals surface area contributed by atoms with E-state index in [0.29, 0.717) is 24.0 Å².